The predicted molar refractivity (Wildman–Crippen MR) is 139 cm³/mol. The molecule has 11 heteroatoms. The molecular weight excluding hydrogens is 497 g/mol. The van der Waals surface area contributed by atoms with E-state index in [-0.39, 0.29) is 29.4 Å². The molecule has 1 saturated heterocycles. The second-order valence-electron chi connectivity index (χ2n) is 9.71. The highest BCUT2D eigenvalue weighted by atomic mass is 19.4. The number of carbonyl (C=O) groups excluding carboxylic acids is 2. The smallest absolute Gasteiger partial charge is 0.337 e. The molecule has 202 valence electrons. The van der Waals surface area contributed by atoms with E-state index in [9.17, 15) is 22.8 Å². The van der Waals surface area contributed by atoms with Gasteiger partial charge in [-0.05, 0) is 64.5 Å². The molecule has 1 aliphatic rings. The number of likely N-dealkylation sites (tertiary alicyclic amines) is 1. The molecule has 2 amide bonds. The second kappa shape index (κ2) is 11.3. The van der Waals surface area contributed by atoms with Crippen molar-refractivity contribution in [3.05, 3.63) is 65.5 Å². The van der Waals surface area contributed by atoms with Gasteiger partial charge in [0.25, 0.3) is 5.91 Å². The van der Waals surface area contributed by atoms with Crippen molar-refractivity contribution < 1.29 is 22.8 Å². The van der Waals surface area contributed by atoms with Crippen molar-refractivity contribution in [2.24, 2.45) is 0 Å². The van der Waals surface area contributed by atoms with Crippen molar-refractivity contribution in [3.8, 4) is 0 Å². The molecule has 2 aromatic heterocycles. The molecule has 1 atom stereocenters. The monoisotopic (exact) mass is 528 g/mol. The number of nitrogens with zero attached hydrogens (tertiary/aromatic N) is 5. The van der Waals surface area contributed by atoms with Crippen molar-refractivity contribution in [2.75, 3.05) is 39.0 Å². The molecule has 1 fully saturated rings. The molecule has 1 unspecified atom stereocenters. The third kappa shape index (κ3) is 6.21. The van der Waals surface area contributed by atoms with E-state index in [4.69, 9.17) is 0 Å². The van der Waals surface area contributed by atoms with E-state index in [2.05, 4.69) is 15.3 Å². The summed E-state index contributed by atoms with van der Waals surface area (Å²) in [5.41, 5.74) is 0.120. The number of imidazole rings is 1. The third-order valence-corrected chi connectivity index (χ3v) is 6.45. The van der Waals surface area contributed by atoms with Crippen LogP contribution >= 0.6 is 0 Å². The number of nitrogens with one attached hydrogen (secondary N) is 1. The quantitative estimate of drug-likeness (QED) is 0.470. The average molecular weight is 529 g/mol. The molecule has 0 aliphatic carbocycles. The Morgan fingerprint density at radius 1 is 1.21 bits per heavy atom. The number of rotatable bonds is 6. The minimum absolute atomic E-state index is 0.0126. The Bertz CT molecular complexity index is 1350. The number of halogens is 3. The molecule has 1 aromatic carbocycles. The van der Waals surface area contributed by atoms with Gasteiger partial charge in [0.2, 0.25) is 11.9 Å². The van der Waals surface area contributed by atoms with E-state index < -0.39 is 23.7 Å². The van der Waals surface area contributed by atoms with Gasteiger partial charge in [-0.3, -0.25) is 19.9 Å². The molecule has 38 heavy (non-hydrogen) atoms. The molecule has 1 N–H and O–H groups in total. The van der Waals surface area contributed by atoms with Gasteiger partial charge < -0.3 is 14.4 Å². The highest BCUT2D eigenvalue weighted by Crippen LogP contribution is 2.39. The Morgan fingerprint density at radius 3 is 2.71 bits per heavy atom. The fraction of sp³-hybridized carbons (Fsp3) is 0.407. The maximum absolute atomic E-state index is 14.1. The van der Waals surface area contributed by atoms with Crippen LogP contribution in [0.15, 0.2) is 48.7 Å². The van der Waals surface area contributed by atoms with Gasteiger partial charge in [0.15, 0.2) is 0 Å². The molecule has 3 heterocycles. The Labute approximate surface area is 219 Å². The van der Waals surface area contributed by atoms with Gasteiger partial charge in [-0.25, -0.2) is 4.98 Å². The molecule has 4 rings (SSSR count). The number of alkyl halides is 3. The van der Waals surface area contributed by atoms with Crippen molar-refractivity contribution in [1.29, 1.82) is 0 Å². The van der Waals surface area contributed by atoms with E-state index >= 15 is 0 Å². The summed E-state index contributed by atoms with van der Waals surface area (Å²) in [6.45, 7) is 3.03. The standard InChI is InChI=1S/C27H31F3N6O2/c1-18-16-19(12-13-31-18)25(38)33-26-32-22-10-6-9-21(27(28,29)30)24(22)36(26)20-8-4-5-15-35(17-20)23(37)11-7-14-34(2)3/h6-7,9-13,16,20H,4-5,8,14-15,17H2,1-3H3,(H,32,33,38). The van der Waals surface area contributed by atoms with Crippen LogP contribution in [0, 0.1) is 6.92 Å². The second-order valence-corrected chi connectivity index (χ2v) is 9.71. The maximum Gasteiger partial charge on any atom is 0.418 e. The van der Waals surface area contributed by atoms with Gasteiger partial charge in [0.05, 0.1) is 22.6 Å². The summed E-state index contributed by atoms with van der Waals surface area (Å²) in [6, 6.07) is 6.42. The Balaban J connectivity index is 1.77. The zero-order valence-electron chi connectivity index (χ0n) is 21.6. The number of anilines is 1. The van der Waals surface area contributed by atoms with Crippen LogP contribution in [-0.4, -0.2) is 69.9 Å². The van der Waals surface area contributed by atoms with Gasteiger partial charge in [-0.1, -0.05) is 12.1 Å². The van der Waals surface area contributed by atoms with Crippen LogP contribution in [0.3, 0.4) is 0 Å². The zero-order chi connectivity index (χ0) is 27.4. The number of hydrogen-bond donors (Lipinski definition) is 1. The van der Waals surface area contributed by atoms with Crippen molar-refractivity contribution in [3.63, 3.8) is 0 Å². The number of aromatic nitrogens is 3. The van der Waals surface area contributed by atoms with Crippen molar-refractivity contribution in [2.45, 2.75) is 38.4 Å². The molecule has 1 aliphatic heterocycles. The molecule has 8 nitrogen and oxygen atoms in total. The van der Waals surface area contributed by atoms with Crippen molar-refractivity contribution >= 4 is 28.8 Å². The van der Waals surface area contributed by atoms with Gasteiger partial charge >= 0.3 is 6.18 Å². The Morgan fingerprint density at radius 2 is 2.00 bits per heavy atom. The Hall–Kier alpha value is -3.73. The predicted octanol–water partition coefficient (Wildman–Crippen LogP) is 4.68. The first-order chi connectivity index (χ1) is 18.0. The topological polar surface area (TPSA) is 83.4 Å². The van der Waals surface area contributed by atoms with Gasteiger partial charge in [-0.15, -0.1) is 0 Å². The van der Waals surface area contributed by atoms with Crippen molar-refractivity contribution in [1.82, 2.24) is 24.3 Å². The lowest BCUT2D eigenvalue weighted by Gasteiger charge is -2.27. The number of likely N-dealkylation sites (N-methyl/N-ethyl adjacent to an activating group) is 1. The summed E-state index contributed by atoms with van der Waals surface area (Å²) < 4.78 is 43.8. The molecule has 0 radical (unpaired) electrons. The van der Waals surface area contributed by atoms with E-state index in [0.29, 0.717) is 37.2 Å². The first-order valence-corrected chi connectivity index (χ1v) is 12.5. The van der Waals surface area contributed by atoms with Crippen LogP contribution in [0.1, 0.15) is 46.9 Å². The fourth-order valence-corrected chi connectivity index (χ4v) is 4.68. The lowest BCUT2D eigenvalue weighted by atomic mass is 10.1. The normalized spacial score (nSPS) is 16.8. The number of amides is 2. The fourth-order valence-electron chi connectivity index (χ4n) is 4.68. The van der Waals surface area contributed by atoms with Gasteiger partial charge in [-0.2, -0.15) is 13.2 Å². The largest absolute Gasteiger partial charge is 0.418 e. The van der Waals surface area contributed by atoms with E-state index in [1.54, 1.807) is 24.0 Å². The highest BCUT2D eigenvalue weighted by Gasteiger charge is 2.36. The Kier molecular flexibility index (Phi) is 8.15. The van der Waals surface area contributed by atoms with Crippen LogP contribution in [0.2, 0.25) is 0 Å². The average Bonchev–Trinajstić information content (AvgIpc) is 3.03. The van der Waals surface area contributed by atoms with Crippen LogP contribution in [0.5, 0.6) is 0 Å². The summed E-state index contributed by atoms with van der Waals surface area (Å²) in [4.78, 5) is 38.1. The molecule has 0 spiro atoms. The van der Waals surface area contributed by atoms with Gasteiger partial charge in [0.1, 0.15) is 0 Å². The molecule has 0 bridgehead atoms. The third-order valence-electron chi connectivity index (χ3n) is 6.45. The summed E-state index contributed by atoms with van der Waals surface area (Å²) in [5, 5.41) is 2.73. The summed E-state index contributed by atoms with van der Waals surface area (Å²) >= 11 is 0. The van der Waals surface area contributed by atoms with Crippen LogP contribution < -0.4 is 5.32 Å². The first-order valence-electron chi connectivity index (χ1n) is 12.5. The van der Waals surface area contributed by atoms with E-state index in [1.807, 2.05) is 19.0 Å². The highest BCUT2D eigenvalue weighted by molar-refractivity contribution is 6.04. The maximum atomic E-state index is 14.1. The molecule has 3 aromatic rings. The number of para-hydroxylation sites is 1. The summed E-state index contributed by atoms with van der Waals surface area (Å²) in [7, 11) is 3.78. The summed E-state index contributed by atoms with van der Waals surface area (Å²) in [5.74, 6) is -0.690. The minimum atomic E-state index is -4.63. The zero-order valence-corrected chi connectivity index (χ0v) is 21.6. The molecule has 0 saturated carbocycles. The number of carbonyl (C=O) groups is 2. The first kappa shape index (κ1) is 27.3. The lowest BCUT2D eigenvalue weighted by molar-refractivity contribution is -0.136. The summed E-state index contributed by atoms with van der Waals surface area (Å²) in [6.07, 6.45) is 2.09. The SMILES string of the molecule is Cc1cc(C(=O)Nc2nc3cccc(C(F)(F)F)c3n2C2CCCCN(C(=O)C=CCN(C)C)C2)ccn1. The minimum Gasteiger partial charge on any atom is -0.337 e. The number of aryl methyl sites for hydroxylation is 1. The number of benzene rings is 1. The number of pyridine rings is 1. The number of hydrogen-bond acceptors (Lipinski definition) is 5. The van der Waals surface area contributed by atoms with Crippen LogP contribution in [-0.2, 0) is 11.0 Å². The molecular formula is C27H31F3N6O2. The van der Waals surface area contributed by atoms with Crippen LogP contribution in [0.4, 0.5) is 19.1 Å². The van der Waals surface area contributed by atoms with E-state index in [0.717, 1.165) is 12.5 Å². The lowest BCUT2D eigenvalue weighted by Crippen LogP contribution is -2.35. The number of fused-ring (bicyclic) bond motifs is 1. The van der Waals surface area contributed by atoms with Gasteiger partial charge in [0, 0.05) is 43.2 Å². The van der Waals surface area contributed by atoms with E-state index in [1.165, 1.54) is 35.0 Å². The van der Waals surface area contributed by atoms with Crippen LogP contribution in [0.25, 0.3) is 11.0 Å².